The van der Waals surface area contributed by atoms with Crippen LogP contribution in [0.25, 0.3) is 0 Å². The summed E-state index contributed by atoms with van der Waals surface area (Å²) in [4.78, 5) is 11.9. The second-order valence-electron chi connectivity index (χ2n) is 5.37. The predicted molar refractivity (Wildman–Crippen MR) is 92.4 cm³/mol. The van der Waals surface area contributed by atoms with E-state index in [-0.39, 0.29) is 37.1 Å². The lowest BCUT2D eigenvalue weighted by atomic mass is 10.1. The van der Waals surface area contributed by atoms with E-state index < -0.39 is 6.04 Å². The molecule has 6 nitrogen and oxygen atoms in total. The SMILES string of the molecule is COCC(N)C(=O)NC(C)c1ccc(OC(C)C)c(OC)c1.Cl. The highest BCUT2D eigenvalue weighted by Crippen LogP contribution is 2.31. The van der Waals surface area contributed by atoms with Crippen molar-refractivity contribution in [2.24, 2.45) is 5.73 Å². The van der Waals surface area contributed by atoms with E-state index in [0.717, 1.165) is 5.56 Å². The molecule has 0 aliphatic carbocycles. The number of nitrogens with two attached hydrogens (primary N) is 1. The number of halogens is 1. The van der Waals surface area contributed by atoms with Crippen LogP contribution in [0, 0.1) is 0 Å². The van der Waals surface area contributed by atoms with Gasteiger partial charge in [0, 0.05) is 7.11 Å². The predicted octanol–water partition coefficient (Wildman–Crippen LogP) is 2.06. The fourth-order valence-electron chi connectivity index (χ4n) is 1.96. The van der Waals surface area contributed by atoms with Crippen LogP contribution in [0.2, 0.25) is 0 Å². The topological polar surface area (TPSA) is 82.8 Å². The first-order chi connectivity index (χ1) is 10.4. The number of rotatable bonds is 8. The van der Waals surface area contributed by atoms with E-state index in [9.17, 15) is 4.79 Å². The number of benzene rings is 1. The monoisotopic (exact) mass is 346 g/mol. The Kier molecular flexibility index (Phi) is 9.64. The lowest BCUT2D eigenvalue weighted by Crippen LogP contribution is -2.44. The van der Waals surface area contributed by atoms with Crippen LogP contribution >= 0.6 is 12.4 Å². The normalized spacial score (nSPS) is 13.0. The molecule has 7 heteroatoms. The summed E-state index contributed by atoms with van der Waals surface area (Å²) in [5, 5.41) is 2.85. The molecule has 0 radical (unpaired) electrons. The maximum absolute atomic E-state index is 11.9. The van der Waals surface area contributed by atoms with Crippen LogP contribution in [-0.4, -0.2) is 38.9 Å². The first-order valence-corrected chi connectivity index (χ1v) is 7.28. The zero-order valence-electron chi connectivity index (χ0n) is 14.3. The summed E-state index contributed by atoms with van der Waals surface area (Å²) in [5.74, 6) is 1.06. The van der Waals surface area contributed by atoms with Crippen molar-refractivity contribution in [1.29, 1.82) is 0 Å². The number of nitrogens with one attached hydrogen (secondary N) is 1. The fourth-order valence-corrected chi connectivity index (χ4v) is 1.96. The Bertz CT molecular complexity index is 497. The Morgan fingerprint density at radius 2 is 1.87 bits per heavy atom. The number of carbonyl (C=O) groups is 1. The van der Waals surface area contributed by atoms with Crippen LogP contribution in [0.1, 0.15) is 32.4 Å². The van der Waals surface area contributed by atoms with Crippen molar-refractivity contribution in [3.8, 4) is 11.5 Å². The molecule has 0 spiro atoms. The lowest BCUT2D eigenvalue weighted by molar-refractivity contribution is -0.124. The van der Waals surface area contributed by atoms with Gasteiger partial charge in [-0.25, -0.2) is 0 Å². The maximum Gasteiger partial charge on any atom is 0.239 e. The van der Waals surface area contributed by atoms with Gasteiger partial charge in [0.2, 0.25) is 5.91 Å². The quantitative estimate of drug-likeness (QED) is 0.752. The standard InChI is InChI=1S/C16H26N2O4.ClH/c1-10(2)22-14-7-6-12(8-15(14)21-5)11(3)18-16(19)13(17)9-20-4;/h6-8,10-11,13H,9,17H2,1-5H3,(H,18,19);1H. The molecule has 1 amide bonds. The van der Waals surface area contributed by atoms with Crippen molar-refractivity contribution in [2.75, 3.05) is 20.8 Å². The molecule has 3 N–H and O–H groups in total. The Balaban J connectivity index is 0.00000484. The lowest BCUT2D eigenvalue weighted by Gasteiger charge is -2.19. The maximum atomic E-state index is 11.9. The van der Waals surface area contributed by atoms with Crippen LogP contribution in [0.15, 0.2) is 18.2 Å². The molecule has 0 heterocycles. The minimum atomic E-state index is -0.683. The van der Waals surface area contributed by atoms with E-state index in [1.807, 2.05) is 39.0 Å². The molecule has 0 saturated heterocycles. The number of amides is 1. The van der Waals surface area contributed by atoms with Crippen LogP contribution in [0.3, 0.4) is 0 Å². The molecule has 0 aliphatic heterocycles. The summed E-state index contributed by atoms with van der Waals surface area (Å²) in [6.07, 6.45) is 0.0592. The molecule has 2 unspecified atom stereocenters. The summed E-state index contributed by atoms with van der Waals surface area (Å²) in [6, 6.07) is 4.71. The van der Waals surface area contributed by atoms with E-state index in [0.29, 0.717) is 11.5 Å². The molecule has 0 bridgehead atoms. The number of hydrogen-bond acceptors (Lipinski definition) is 5. The average Bonchev–Trinajstić information content (AvgIpc) is 2.47. The van der Waals surface area contributed by atoms with Gasteiger partial charge >= 0.3 is 0 Å². The second kappa shape index (κ2) is 10.3. The summed E-state index contributed by atoms with van der Waals surface area (Å²) < 4.78 is 15.9. The molecule has 2 atom stereocenters. The van der Waals surface area contributed by atoms with E-state index in [4.69, 9.17) is 19.9 Å². The molecule has 132 valence electrons. The fraction of sp³-hybridized carbons (Fsp3) is 0.562. The van der Waals surface area contributed by atoms with Crippen LogP contribution < -0.4 is 20.5 Å². The zero-order chi connectivity index (χ0) is 16.7. The van der Waals surface area contributed by atoms with Gasteiger partial charge in [0.1, 0.15) is 6.04 Å². The molecular formula is C16H27ClN2O4. The Hall–Kier alpha value is -1.50. The molecule has 1 aromatic carbocycles. The number of carbonyl (C=O) groups excluding carboxylic acids is 1. The first kappa shape index (κ1) is 21.5. The molecule has 0 aliphatic rings. The van der Waals surface area contributed by atoms with Crippen molar-refractivity contribution in [3.05, 3.63) is 23.8 Å². The summed E-state index contributed by atoms with van der Waals surface area (Å²) in [6.45, 7) is 5.97. The summed E-state index contributed by atoms with van der Waals surface area (Å²) in [5.41, 5.74) is 6.62. The molecule has 0 fully saturated rings. The highest BCUT2D eigenvalue weighted by molar-refractivity contribution is 5.85. The highest BCUT2D eigenvalue weighted by atomic mass is 35.5. The molecule has 23 heavy (non-hydrogen) atoms. The third-order valence-corrected chi connectivity index (χ3v) is 3.09. The van der Waals surface area contributed by atoms with Gasteiger partial charge in [-0.2, -0.15) is 0 Å². The highest BCUT2D eigenvalue weighted by Gasteiger charge is 2.17. The van der Waals surface area contributed by atoms with Gasteiger partial charge < -0.3 is 25.3 Å². The van der Waals surface area contributed by atoms with Gasteiger partial charge in [0.05, 0.1) is 25.9 Å². The van der Waals surface area contributed by atoms with Crippen LogP contribution in [-0.2, 0) is 9.53 Å². The minimum absolute atomic E-state index is 0. The molecular weight excluding hydrogens is 320 g/mol. The smallest absolute Gasteiger partial charge is 0.239 e. The van der Waals surface area contributed by atoms with Gasteiger partial charge in [-0.3, -0.25) is 4.79 Å². The third-order valence-electron chi connectivity index (χ3n) is 3.09. The third kappa shape index (κ3) is 6.64. The van der Waals surface area contributed by atoms with Crippen molar-refractivity contribution >= 4 is 18.3 Å². The van der Waals surface area contributed by atoms with Crippen molar-refractivity contribution in [2.45, 2.75) is 39.0 Å². The Morgan fingerprint density at radius 3 is 2.39 bits per heavy atom. The van der Waals surface area contributed by atoms with Gasteiger partial charge in [-0.1, -0.05) is 6.07 Å². The Morgan fingerprint density at radius 1 is 1.22 bits per heavy atom. The largest absolute Gasteiger partial charge is 0.493 e. The van der Waals surface area contributed by atoms with E-state index in [2.05, 4.69) is 5.32 Å². The minimum Gasteiger partial charge on any atom is -0.493 e. The van der Waals surface area contributed by atoms with Gasteiger partial charge in [0.15, 0.2) is 11.5 Å². The summed E-state index contributed by atoms with van der Waals surface area (Å²) in [7, 11) is 3.10. The van der Waals surface area contributed by atoms with Crippen molar-refractivity contribution in [1.82, 2.24) is 5.32 Å². The zero-order valence-corrected chi connectivity index (χ0v) is 15.1. The van der Waals surface area contributed by atoms with Crippen LogP contribution in [0.4, 0.5) is 0 Å². The van der Waals surface area contributed by atoms with Gasteiger partial charge in [-0.15, -0.1) is 12.4 Å². The van der Waals surface area contributed by atoms with Gasteiger partial charge in [-0.05, 0) is 38.5 Å². The van der Waals surface area contributed by atoms with Crippen molar-refractivity contribution < 1.29 is 19.0 Å². The van der Waals surface area contributed by atoms with Crippen molar-refractivity contribution in [3.63, 3.8) is 0 Å². The molecule has 1 rings (SSSR count). The van der Waals surface area contributed by atoms with E-state index >= 15 is 0 Å². The number of methoxy groups -OCH3 is 2. The van der Waals surface area contributed by atoms with E-state index in [1.165, 1.54) is 7.11 Å². The van der Waals surface area contributed by atoms with E-state index in [1.54, 1.807) is 7.11 Å². The second-order valence-corrected chi connectivity index (χ2v) is 5.37. The van der Waals surface area contributed by atoms with Gasteiger partial charge in [0.25, 0.3) is 0 Å². The Labute approximate surface area is 144 Å². The molecule has 0 aromatic heterocycles. The molecule has 0 saturated carbocycles. The first-order valence-electron chi connectivity index (χ1n) is 7.28. The number of ether oxygens (including phenoxy) is 3. The number of hydrogen-bond donors (Lipinski definition) is 2. The van der Waals surface area contributed by atoms with Crippen LogP contribution in [0.5, 0.6) is 11.5 Å². The average molecular weight is 347 g/mol. The molecule has 1 aromatic rings. The summed E-state index contributed by atoms with van der Waals surface area (Å²) >= 11 is 0.